The average molecular weight is 182 g/mol. The predicted molar refractivity (Wildman–Crippen MR) is 51.3 cm³/mol. The second-order valence-electron chi connectivity index (χ2n) is 4.50. The summed E-state index contributed by atoms with van der Waals surface area (Å²) in [5, 5.41) is 12.0. The van der Waals surface area contributed by atoms with Crippen molar-refractivity contribution < 1.29 is 20.3 Å². The van der Waals surface area contributed by atoms with Crippen molar-refractivity contribution in [2.45, 2.75) is 39.3 Å². The minimum absolute atomic E-state index is 0. The summed E-state index contributed by atoms with van der Waals surface area (Å²) in [4.78, 5) is 0. The number of hydrogen-bond donors (Lipinski definition) is 0. The Balaban J connectivity index is -0.0000000740. The number of hydrogen-bond acceptors (Lipinski definition) is 2. The Morgan fingerprint density at radius 2 is 0.818 bits per heavy atom. The Bertz CT molecular complexity index is 105. The van der Waals surface area contributed by atoms with Gasteiger partial charge in [-0.1, -0.05) is 39.3 Å². The largest absolute Gasteiger partial charge is 1.00 e. The fourth-order valence-electron chi connectivity index (χ4n) is 0. The molecule has 0 aromatic carbocycles. The van der Waals surface area contributed by atoms with E-state index in [0.717, 1.165) is 0 Å². The standard InChI is InChI=1S/C6H18Si2.Li.N2.H/c1-7(2,3)8(4,5)6;;1-2;/h1-6H3;;;/q;+1;;-1. The van der Waals surface area contributed by atoms with Gasteiger partial charge >= 0.3 is 18.9 Å². The molecule has 0 unspecified atom stereocenters. The van der Waals surface area contributed by atoms with Gasteiger partial charge in [0.25, 0.3) is 0 Å². The first-order valence-corrected chi connectivity index (χ1v) is 11.4. The van der Waals surface area contributed by atoms with Crippen molar-refractivity contribution in [2.75, 3.05) is 0 Å². The molecular weight excluding hydrogens is 163 g/mol. The van der Waals surface area contributed by atoms with Crippen LogP contribution >= 0.6 is 0 Å². The van der Waals surface area contributed by atoms with Crippen LogP contribution in [0.2, 0.25) is 39.3 Å². The topological polar surface area (TPSA) is 47.6 Å². The summed E-state index contributed by atoms with van der Waals surface area (Å²) in [6, 6.07) is 0. The quantitative estimate of drug-likeness (QED) is 0.419. The van der Waals surface area contributed by atoms with Crippen molar-refractivity contribution in [2.24, 2.45) is 0 Å². The minimum atomic E-state index is -0.720. The zero-order valence-corrected chi connectivity index (χ0v) is 10.9. The van der Waals surface area contributed by atoms with Crippen molar-refractivity contribution in [1.82, 2.24) is 0 Å². The molecule has 0 N–H and O–H groups in total. The van der Waals surface area contributed by atoms with E-state index in [1.807, 2.05) is 0 Å². The second kappa shape index (κ2) is 6.02. The van der Waals surface area contributed by atoms with E-state index in [9.17, 15) is 0 Å². The van der Waals surface area contributed by atoms with Gasteiger partial charge in [0.05, 0.1) is 0 Å². The molecule has 0 spiro atoms. The molecule has 0 bridgehead atoms. The summed E-state index contributed by atoms with van der Waals surface area (Å²) in [5.41, 5.74) is 0. The third kappa shape index (κ3) is 8.36. The monoisotopic (exact) mass is 182 g/mol. The molecule has 0 radical (unpaired) electrons. The third-order valence-corrected chi connectivity index (χ3v) is 20.2. The van der Waals surface area contributed by atoms with Crippen LogP contribution in [0.25, 0.3) is 0 Å². The molecule has 0 aliphatic heterocycles. The first-order valence-electron chi connectivity index (χ1n) is 3.45. The zero-order chi connectivity index (χ0) is 9.00. The molecule has 5 heteroatoms. The zero-order valence-electron chi connectivity index (χ0n) is 9.89. The van der Waals surface area contributed by atoms with Crippen LogP contribution < -0.4 is 18.9 Å². The molecule has 0 aromatic rings. The normalized spacial score (nSPS) is 10.5. The SMILES string of the molecule is C[Si](C)(C)[Si](C)(C)C.N#N.[H-].[Li+]. The summed E-state index contributed by atoms with van der Waals surface area (Å²) < 4.78 is 0. The van der Waals surface area contributed by atoms with Crippen molar-refractivity contribution in [3.8, 4) is 0 Å². The Labute approximate surface area is 85.7 Å². The Hall–Kier alpha value is 0.451. The molecule has 0 aliphatic rings. The Morgan fingerprint density at radius 3 is 0.818 bits per heavy atom. The van der Waals surface area contributed by atoms with Crippen LogP contribution in [-0.4, -0.2) is 15.2 Å². The van der Waals surface area contributed by atoms with E-state index in [0.29, 0.717) is 0 Å². The molecule has 0 aliphatic carbocycles. The van der Waals surface area contributed by atoms with Gasteiger partial charge in [-0.15, -0.1) is 0 Å². The average Bonchev–Trinajstić information content (AvgIpc) is 1.66. The van der Waals surface area contributed by atoms with Gasteiger partial charge in [0.15, 0.2) is 0 Å². The van der Waals surface area contributed by atoms with E-state index in [4.69, 9.17) is 10.8 Å². The fraction of sp³-hybridized carbons (Fsp3) is 1.00. The van der Waals surface area contributed by atoms with Gasteiger partial charge in [-0.2, -0.15) is 0 Å². The molecule has 11 heavy (non-hydrogen) atoms. The summed E-state index contributed by atoms with van der Waals surface area (Å²) in [6.45, 7) is 14.8. The maximum absolute atomic E-state index is 6.00. The molecule has 0 atom stereocenters. The van der Waals surface area contributed by atoms with Crippen LogP contribution in [-0.2, 0) is 0 Å². The predicted octanol–water partition coefficient (Wildman–Crippen LogP) is -0.112. The summed E-state index contributed by atoms with van der Waals surface area (Å²) >= 11 is 0. The molecule has 0 aromatic heterocycles. The minimum Gasteiger partial charge on any atom is -1.00 e. The maximum Gasteiger partial charge on any atom is 1.00 e. The fourth-order valence-corrected chi connectivity index (χ4v) is 0. The third-order valence-electron chi connectivity index (χ3n) is 2.25. The van der Waals surface area contributed by atoms with Crippen LogP contribution in [0.1, 0.15) is 1.43 Å². The van der Waals surface area contributed by atoms with E-state index in [-0.39, 0.29) is 20.3 Å². The van der Waals surface area contributed by atoms with E-state index >= 15 is 0 Å². The van der Waals surface area contributed by atoms with E-state index < -0.39 is 15.2 Å². The van der Waals surface area contributed by atoms with Gasteiger partial charge < -0.3 is 1.43 Å². The molecule has 62 valence electrons. The van der Waals surface area contributed by atoms with Crippen molar-refractivity contribution in [1.29, 1.82) is 10.8 Å². The van der Waals surface area contributed by atoms with Crippen LogP contribution in [0, 0.1) is 10.8 Å². The smallest absolute Gasteiger partial charge is 1.00 e. The molecular formula is C6H19LiN2Si2. The van der Waals surface area contributed by atoms with E-state index in [2.05, 4.69) is 39.3 Å². The van der Waals surface area contributed by atoms with Crippen LogP contribution in [0.4, 0.5) is 0 Å². The first kappa shape index (κ1) is 17.5. The number of rotatable bonds is 1. The molecule has 0 fully saturated rings. The maximum atomic E-state index is 6.00. The van der Waals surface area contributed by atoms with E-state index in [1.165, 1.54) is 0 Å². The van der Waals surface area contributed by atoms with Crippen molar-refractivity contribution >= 4 is 15.2 Å². The van der Waals surface area contributed by atoms with Gasteiger partial charge in [-0.3, -0.25) is 0 Å². The van der Waals surface area contributed by atoms with Crippen molar-refractivity contribution in [3.05, 3.63) is 0 Å². The van der Waals surface area contributed by atoms with Crippen LogP contribution in [0.5, 0.6) is 0 Å². The van der Waals surface area contributed by atoms with Crippen molar-refractivity contribution in [3.63, 3.8) is 0 Å². The summed E-state index contributed by atoms with van der Waals surface area (Å²) in [5.74, 6) is 0. The molecule has 0 rings (SSSR count). The van der Waals surface area contributed by atoms with Gasteiger partial charge in [-0.05, 0) is 0 Å². The van der Waals surface area contributed by atoms with Crippen LogP contribution in [0.3, 0.4) is 0 Å². The Morgan fingerprint density at radius 1 is 0.727 bits per heavy atom. The molecule has 2 nitrogen and oxygen atoms in total. The van der Waals surface area contributed by atoms with Gasteiger partial charge in [0.2, 0.25) is 0 Å². The second-order valence-corrected chi connectivity index (χ2v) is 22.5. The summed E-state index contributed by atoms with van der Waals surface area (Å²) in [7, 11) is -1.44. The van der Waals surface area contributed by atoms with Crippen LogP contribution in [0.15, 0.2) is 0 Å². The Kier molecular flexibility index (Phi) is 9.59. The van der Waals surface area contributed by atoms with Gasteiger partial charge in [-0.25, -0.2) is 0 Å². The molecule has 0 heterocycles. The molecule has 0 saturated carbocycles. The summed E-state index contributed by atoms with van der Waals surface area (Å²) in [6.07, 6.45) is 0. The molecule has 0 amide bonds. The first-order chi connectivity index (χ1) is 4.25. The molecule has 0 saturated heterocycles. The van der Waals surface area contributed by atoms with Gasteiger partial charge in [0, 0.05) is 26.0 Å². The van der Waals surface area contributed by atoms with Gasteiger partial charge in [0.1, 0.15) is 0 Å². The number of nitrogens with zero attached hydrogens (tertiary/aromatic N) is 2. The van der Waals surface area contributed by atoms with E-state index in [1.54, 1.807) is 0 Å².